The van der Waals surface area contributed by atoms with Crippen molar-refractivity contribution in [2.45, 2.75) is 13.3 Å². The van der Waals surface area contributed by atoms with Crippen LogP contribution in [0.1, 0.15) is 13.3 Å². The first-order chi connectivity index (χ1) is 3.65. The molecule has 52 valence electrons. The van der Waals surface area contributed by atoms with E-state index in [2.05, 4.69) is 13.5 Å². The van der Waals surface area contributed by atoms with Gasteiger partial charge in [-0.3, -0.25) is 0 Å². The first-order valence-electron chi connectivity index (χ1n) is 2.17. The molecule has 4 heteroatoms. The van der Waals surface area contributed by atoms with E-state index in [0.717, 1.165) is 6.42 Å². The van der Waals surface area contributed by atoms with Crippen LogP contribution in [0.3, 0.4) is 0 Å². The molecule has 3 nitrogen and oxygen atoms in total. The third-order valence-corrected chi connectivity index (χ3v) is 0.289. The number of rotatable bonds is 1. The van der Waals surface area contributed by atoms with Crippen LogP contribution in [0.15, 0.2) is 12.7 Å². The first kappa shape index (κ1) is 16.1. The molecule has 2 N–H and O–H groups in total. The second-order valence-electron chi connectivity index (χ2n) is 0.979. The minimum atomic E-state index is -1.83. The molecule has 0 fully saturated rings. The van der Waals surface area contributed by atoms with Gasteiger partial charge in [0.2, 0.25) is 0 Å². The third kappa shape index (κ3) is 202. The van der Waals surface area contributed by atoms with Gasteiger partial charge in [0, 0.05) is 0 Å². The molecule has 0 atom stereocenters. The summed E-state index contributed by atoms with van der Waals surface area (Å²) in [5, 5.41) is 13.9. The zero-order valence-electron chi connectivity index (χ0n) is 4.79. The van der Waals surface area contributed by atoms with E-state index >= 15 is 0 Å². The predicted octanol–water partition coefficient (Wildman–Crippen LogP) is 0.889. The zero-order chi connectivity index (χ0) is 6.99. The van der Waals surface area contributed by atoms with Crippen LogP contribution < -0.4 is 0 Å². The fourth-order valence-corrected chi connectivity index (χ4v) is 0. The zero-order valence-corrected chi connectivity index (χ0v) is 4.79. The van der Waals surface area contributed by atoms with E-state index in [4.69, 9.17) is 15.0 Å². The van der Waals surface area contributed by atoms with Crippen LogP contribution >= 0.6 is 0 Å². The standard InChI is InChI=1S/C4H8.CH2O3.Ca.2H/c1-3-4-2;2-1(3)4;;;/h3H,1,4H2,2H3;(H2,2,3,4);;;. The quantitative estimate of drug-likeness (QED) is 0.442. The molecular weight excluding hydrogens is 148 g/mol. The first-order valence-corrected chi connectivity index (χ1v) is 2.17. The SMILES string of the molecule is C=CCC.O=C(O)O.[CaH2]. The van der Waals surface area contributed by atoms with E-state index < -0.39 is 6.16 Å². The second kappa shape index (κ2) is 15.7. The van der Waals surface area contributed by atoms with Crippen molar-refractivity contribution >= 4 is 43.9 Å². The van der Waals surface area contributed by atoms with Crippen LogP contribution in [0.5, 0.6) is 0 Å². The summed E-state index contributed by atoms with van der Waals surface area (Å²) in [6, 6.07) is 0. The van der Waals surface area contributed by atoms with Crippen molar-refractivity contribution in [3.05, 3.63) is 12.7 Å². The fourth-order valence-electron chi connectivity index (χ4n) is 0. The Bertz CT molecular complexity index is 68.6. The molecule has 0 aromatic heterocycles. The van der Waals surface area contributed by atoms with Gasteiger partial charge in [-0.1, -0.05) is 13.0 Å². The second-order valence-corrected chi connectivity index (χ2v) is 0.979. The molecule has 0 spiro atoms. The molecule has 0 saturated carbocycles. The van der Waals surface area contributed by atoms with E-state index in [0.29, 0.717) is 0 Å². The minimum absolute atomic E-state index is 0. The summed E-state index contributed by atoms with van der Waals surface area (Å²) in [7, 11) is 0. The Labute approximate surface area is 84.4 Å². The van der Waals surface area contributed by atoms with Crippen LogP contribution in [0.25, 0.3) is 0 Å². The van der Waals surface area contributed by atoms with E-state index in [1.54, 1.807) is 0 Å². The summed E-state index contributed by atoms with van der Waals surface area (Å²) < 4.78 is 0. The van der Waals surface area contributed by atoms with Crippen LogP contribution in [-0.2, 0) is 0 Å². The van der Waals surface area contributed by atoms with Gasteiger partial charge in [-0.15, -0.1) is 6.58 Å². The van der Waals surface area contributed by atoms with Crippen molar-refractivity contribution in [2.24, 2.45) is 0 Å². The molecule has 0 aromatic rings. The topological polar surface area (TPSA) is 57.5 Å². The summed E-state index contributed by atoms with van der Waals surface area (Å²) in [6.07, 6.45) is 1.13. The number of hydrogen-bond donors (Lipinski definition) is 2. The summed E-state index contributed by atoms with van der Waals surface area (Å²) in [6.45, 7) is 5.54. The molecule has 0 aliphatic rings. The Morgan fingerprint density at radius 3 is 1.78 bits per heavy atom. The van der Waals surface area contributed by atoms with Gasteiger partial charge in [0.25, 0.3) is 0 Å². The van der Waals surface area contributed by atoms with E-state index in [9.17, 15) is 0 Å². The maximum absolute atomic E-state index is 8.56. The molecule has 0 aliphatic heterocycles. The van der Waals surface area contributed by atoms with Gasteiger partial charge in [-0.25, -0.2) is 4.79 Å². The van der Waals surface area contributed by atoms with Crippen LogP contribution in [0.2, 0.25) is 0 Å². The summed E-state index contributed by atoms with van der Waals surface area (Å²) in [4.78, 5) is 8.56. The van der Waals surface area contributed by atoms with Crippen LogP contribution in [-0.4, -0.2) is 54.1 Å². The third-order valence-electron chi connectivity index (χ3n) is 0.289. The van der Waals surface area contributed by atoms with Crippen molar-refractivity contribution in [1.29, 1.82) is 0 Å². The predicted molar refractivity (Wildman–Crippen MR) is 39.7 cm³/mol. The van der Waals surface area contributed by atoms with Gasteiger partial charge in [0.05, 0.1) is 0 Å². The number of carboxylic acid groups (broad SMARTS) is 2. The summed E-state index contributed by atoms with van der Waals surface area (Å²) in [5.74, 6) is 0. The molecule has 0 aromatic carbocycles. The summed E-state index contributed by atoms with van der Waals surface area (Å²) >= 11 is 0. The number of hydrogen-bond acceptors (Lipinski definition) is 1. The molecule has 0 aliphatic carbocycles. The van der Waals surface area contributed by atoms with Gasteiger partial charge in [0.1, 0.15) is 0 Å². The molecule has 0 unspecified atom stereocenters. The molecule has 0 bridgehead atoms. The van der Waals surface area contributed by atoms with Gasteiger partial charge in [-0.05, 0) is 6.42 Å². The Balaban J connectivity index is -0.0000000720. The van der Waals surface area contributed by atoms with Crippen LogP contribution in [0.4, 0.5) is 4.79 Å². The maximum atomic E-state index is 8.56. The molecule has 9 heavy (non-hydrogen) atoms. The van der Waals surface area contributed by atoms with Crippen molar-refractivity contribution in [1.82, 2.24) is 0 Å². The summed E-state index contributed by atoms with van der Waals surface area (Å²) in [5.41, 5.74) is 0. The van der Waals surface area contributed by atoms with Gasteiger partial charge < -0.3 is 10.2 Å². The van der Waals surface area contributed by atoms with Crippen molar-refractivity contribution in [2.75, 3.05) is 0 Å². The van der Waals surface area contributed by atoms with Crippen molar-refractivity contribution in [3.63, 3.8) is 0 Å². The number of allylic oxidation sites excluding steroid dienone is 1. The molecule has 0 saturated heterocycles. The normalized spacial score (nSPS) is 5.44. The Morgan fingerprint density at radius 2 is 1.78 bits per heavy atom. The fraction of sp³-hybridized carbons (Fsp3) is 0.400. The average molecular weight is 160 g/mol. The molecule has 0 amide bonds. The molecule has 0 rings (SSSR count). The van der Waals surface area contributed by atoms with Gasteiger partial charge in [0.15, 0.2) is 0 Å². The molecule has 0 radical (unpaired) electrons. The van der Waals surface area contributed by atoms with Gasteiger partial charge in [-0.2, -0.15) is 0 Å². The number of carbonyl (C=O) groups is 1. The van der Waals surface area contributed by atoms with Crippen molar-refractivity contribution < 1.29 is 15.0 Å². The Kier molecular flexibility index (Phi) is 28.2. The molecular formula is C5H12CaO3. The molecule has 0 heterocycles. The van der Waals surface area contributed by atoms with Gasteiger partial charge >= 0.3 is 43.9 Å². The Morgan fingerprint density at radius 1 is 1.67 bits per heavy atom. The van der Waals surface area contributed by atoms with E-state index in [-0.39, 0.29) is 37.7 Å². The van der Waals surface area contributed by atoms with Crippen LogP contribution in [0, 0.1) is 0 Å². The van der Waals surface area contributed by atoms with E-state index in [1.165, 1.54) is 0 Å². The van der Waals surface area contributed by atoms with Crippen molar-refractivity contribution in [3.8, 4) is 0 Å². The monoisotopic (exact) mass is 160 g/mol. The Hall–Kier alpha value is 0.270. The average Bonchev–Trinajstić information content (AvgIpc) is 1.65. The van der Waals surface area contributed by atoms with E-state index in [1.807, 2.05) is 6.08 Å².